The van der Waals surface area contributed by atoms with Gasteiger partial charge in [0.25, 0.3) is 0 Å². The molecule has 0 aliphatic heterocycles. The highest BCUT2D eigenvalue weighted by atomic mass is 35.5. The van der Waals surface area contributed by atoms with Crippen LogP contribution in [0.1, 0.15) is 11.6 Å². The van der Waals surface area contributed by atoms with Gasteiger partial charge in [0.05, 0.1) is 10.8 Å². The van der Waals surface area contributed by atoms with E-state index >= 15 is 0 Å². The molecular weight excluding hydrogens is 278 g/mol. The molecule has 0 fully saturated rings. The predicted molar refractivity (Wildman–Crippen MR) is 81.0 cm³/mol. The van der Waals surface area contributed by atoms with Crippen LogP contribution in [0.2, 0.25) is 5.02 Å². The van der Waals surface area contributed by atoms with Gasteiger partial charge in [0.15, 0.2) is 0 Å². The van der Waals surface area contributed by atoms with Crippen molar-refractivity contribution in [3.05, 3.63) is 65.2 Å². The van der Waals surface area contributed by atoms with Gasteiger partial charge >= 0.3 is 0 Å². The fraction of sp³-hybridized carbons (Fsp3) is 0.200. The summed E-state index contributed by atoms with van der Waals surface area (Å²) in [5.74, 6) is 0.529. The zero-order chi connectivity index (χ0) is 13.7. The third kappa shape index (κ3) is 3.90. The Hall–Kier alpha value is -1.16. The molecule has 0 aliphatic rings. The third-order valence-corrected chi connectivity index (χ3v) is 4.58. The first-order valence-corrected chi connectivity index (χ1v) is 7.76. The summed E-state index contributed by atoms with van der Waals surface area (Å²) in [5, 5.41) is 3.82. The lowest BCUT2D eigenvalue weighted by atomic mass is 10.1. The van der Waals surface area contributed by atoms with Crippen molar-refractivity contribution in [2.24, 2.45) is 0 Å². The molecule has 0 amide bonds. The van der Waals surface area contributed by atoms with Crippen LogP contribution >= 0.6 is 11.6 Å². The summed E-state index contributed by atoms with van der Waals surface area (Å²) in [6.45, 7) is 0. The predicted octanol–water partition coefficient (Wildman–Crippen LogP) is 3.41. The summed E-state index contributed by atoms with van der Waals surface area (Å²) >= 11 is 5.93. The van der Waals surface area contributed by atoms with E-state index in [1.54, 1.807) is 12.1 Å². The number of hydrogen-bond donors (Lipinski definition) is 1. The largest absolute Gasteiger partial charge is 0.312 e. The summed E-state index contributed by atoms with van der Waals surface area (Å²) < 4.78 is 12.4. The highest BCUT2D eigenvalue weighted by Crippen LogP contribution is 2.19. The minimum Gasteiger partial charge on any atom is -0.312 e. The van der Waals surface area contributed by atoms with Crippen molar-refractivity contribution in [2.75, 3.05) is 12.8 Å². The van der Waals surface area contributed by atoms with Crippen molar-refractivity contribution in [2.45, 2.75) is 10.9 Å². The third-order valence-electron chi connectivity index (χ3n) is 2.93. The number of halogens is 1. The van der Waals surface area contributed by atoms with Crippen molar-refractivity contribution in [1.29, 1.82) is 0 Å². The van der Waals surface area contributed by atoms with Gasteiger partial charge in [-0.25, -0.2) is 0 Å². The average Bonchev–Trinajstić information content (AvgIpc) is 2.45. The number of benzene rings is 2. The number of rotatable bonds is 5. The van der Waals surface area contributed by atoms with Gasteiger partial charge in [-0.05, 0) is 30.8 Å². The molecule has 4 heteroatoms. The second-order valence-corrected chi connectivity index (χ2v) is 6.15. The Labute approximate surface area is 121 Å². The lowest BCUT2D eigenvalue weighted by Gasteiger charge is -2.16. The summed E-state index contributed by atoms with van der Waals surface area (Å²) in [6.07, 6.45) is 0. The van der Waals surface area contributed by atoms with E-state index in [9.17, 15) is 4.21 Å². The zero-order valence-electron chi connectivity index (χ0n) is 10.7. The normalized spacial score (nSPS) is 14.0. The Bertz CT molecular complexity index is 559. The van der Waals surface area contributed by atoms with Crippen LogP contribution < -0.4 is 5.32 Å². The summed E-state index contributed by atoms with van der Waals surface area (Å²) in [7, 11) is 0.811. The van der Waals surface area contributed by atoms with Crippen LogP contribution in [0.4, 0.5) is 0 Å². The van der Waals surface area contributed by atoms with Crippen molar-refractivity contribution in [3.8, 4) is 0 Å². The van der Waals surface area contributed by atoms with Crippen LogP contribution in [0, 0.1) is 0 Å². The zero-order valence-corrected chi connectivity index (χ0v) is 12.2. The first-order chi connectivity index (χ1) is 9.20. The molecule has 0 saturated carbocycles. The molecule has 2 unspecified atom stereocenters. The van der Waals surface area contributed by atoms with Crippen LogP contribution in [0.15, 0.2) is 59.5 Å². The maximum Gasteiger partial charge on any atom is 0.0549 e. The smallest absolute Gasteiger partial charge is 0.0549 e. The molecule has 2 rings (SSSR count). The van der Waals surface area contributed by atoms with Gasteiger partial charge in [0.1, 0.15) is 0 Å². The summed E-state index contributed by atoms with van der Waals surface area (Å²) in [6, 6.07) is 17.3. The summed E-state index contributed by atoms with van der Waals surface area (Å²) in [4.78, 5) is 0.767. The molecule has 0 aliphatic carbocycles. The monoisotopic (exact) mass is 293 g/mol. The number of nitrogens with one attached hydrogen (secondary N) is 1. The Morgan fingerprint density at radius 1 is 1.16 bits per heavy atom. The molecule has 0 heterocycles. The molecule has 2 nitrogen and oxygen atoms in total. The molecule has 2 atom stereocenters. The Balaban J connectivity index is 2.13. The molecule has 100 valence electrons. The number of hydrogen-bond acceptors (Lipinski definition) is 2. The minimum absolute atomic E-state index is 0.0704. The molecular formula is C15H16ClNOS. The standard InChI is InChI=1S/C15H16ClNOS/c1-17-15(12-6-3-2-4-7-12)11-19(18)14-9-5-8-13(16)10-14/h2-10,15,17H,11H2,1H3. The van der Waals surface area contributed by atoms with Gasteiger partial charge in [-0.1, -0.05) is 48.0 Å². The van der Waals surface area contributed by atoms with Crippen LogP contribution in [0.25, 0.3) is 0 Å². The van der Waals surface area contributed by atoms with Gasteiger partial charge in [-0.3, -0.25) is 4.21 Å². The van der Waals surface area contributed by atoms with Crippen molar-refractivity contribution in [3.63, 3.8) is 0 Å². The molecule has 2 aromatic carbocycles. The molecule has 0 saturated heterocycles. The van der Waals surface area contributed by atoms with Gasteiger partial charge < -0.3 is 5.32 Å². The molecule has 2 aromatic rings. The van der Waals surface area contributed by atoms with Crippen LogP contribution in [-0.4, -0.2) is 17.0 Å². The van der Waals surface area contributed by atoms with Gasteiger partial charge in [0.2, 0.25) is 0 Å². The first-order valence-electron chi connectivity index (χ1n) is 6.07. The van der Waals surface area contributed by atoms with E-state index in [1.807, 2.05) is 49.5 Å². The van der Waals surface area contributed by atoms with E-state index in [0.29, 0.717) is 10.8 Å². The molecule has 0 aromatic heterocycles. The molecule has 19 heavy (non-hydrogen) atoms. The molecule has 0 bridgehead atoms. The molecule has 0 radical (unpaired) electrons. The second kappa shape index (κ2) is 6.85. The van der Waals surface area contributed by atoms with Crippen LogP contribution in [0.5, 0.6) is 0 Å². The maximum absolute atomic E-state index is 12.4. The molecule has 1 N–H and O–H groups in total. The second-order valence-electron chi connectivity index (χ2n) is 4.22. The minimum atomic E-state index is -1.07. The van der Waals surface area contributed by atoms with E-state index in [1.165, 1.54) is 0 Å². The van der Waals surface area contributed by atoms with E-state index in [0.717, 1.165) is 10.5 Å². The van der Waals surface area contributed by atoms with Gasteiger partial charge in [-0.2, -0.15) is 0 Å². The van der Waals surface area contributed by atoms with E-state index in [4.69, 9.17) is 11.6 Å². The highest BCUT2D eigenvalue weighted by Gasteiger charge is 2.14. The Morgan fingerprint density at radius 2 is 1.89 bits per heavy atom. The maximum atomic E-state index is 12.4. The van der Waals surface area contributed by atoms with Crippen LogP contribution in [-0.2, 0) is 10.8 Å². The van der Waals surface area contributed by atoms with Crippen LogP contribution in [0.3, 0.4) is 0 Å². The van der Waals surface area contributed by atoms with Gasteiger partial charge in [-0.15, -0.1) is 0 Å². The SMILES string of the molecule is CNC(CS(=O)c1cccc(Cl)c1)c1ccccc1. The van der Waals surface area contributed by atoms with Crippen molar-refractivity contribution < 1.29 is 4.21 Å². The van der Waals surface area contributed by atoms with Gasteiger partial charge in [0, 0.05) is 21.7 Å². The highest BCUT2D eigenvalue weighted by molar-refractivity contribution is 7.85. The van der Waals surface area contributed by atoms with E-state index < -0.39 is 10.8 Å². The fourth-order valence-corrected chi connectivity index (χ4v) is 3.49. The Morgan fingerprint density at radius 3 is 2.53 bits per heavy atom. The quantitative estimate of drug-likeness (QED) is 0.915. The van der Waals surface area contributed by atoms with E-state index in [-0.39, 0.29) is 6.04 Å². The molecule has 0 spiro atoms. The summed E-state index contributed by atoms with van der Waals surface area (Å²) in [5.41, 5.74) is 1.14. The van der Waals surface area contributed by atoms with E-state index in [2.05, 4.69) is 5.32 Å². The lowest BCUT2D eigenvalue weighted by Crippen LogP contribution is -2.22. The Kier molecular flexibility index (Phi) is 5.14. The topological polar surface area (TPSA) is 29.1 Å². The van der Waals surface area contributed by atoms with Crippen molar-refractivity contribution >= 4 is 22.4 Å². The first kappa shape index (κ1) is 14.3. The fourth-order valence-electron chi connectivity index (χ4n) is 1.89. The van der Waals surface area contributed by atoms with Crippen molar-refractivity contribution in [1.82, 2.24) is 5.32 Å². The lowest BCUT2D eigenvalue weighted by molar-refractivity contribution is 0.635. The average molecular weight is 294 g/mol.